The van der Waals surface area contributed by atoms with Gasteiger partial charge < -0.3 is 0 Å². The first-order chi connectivity index (χ1) is 4.50. The maximum atomic E-state index is 2.34. The number of hydrogen-bond donors (Lipinski definition) is 0. The number of hydrogen-bond acceptors (Lipinski definition) is 0. The van der Waals surface area contributed by atoms with Gasteiger partial charge in [-0.1, -0.05) is 24.3 Å². The Kier molecular flexibility index (Phi) is 3.20. The van der Waals surface area contributed by atoms with Crippen molar-refractivity contribution in [3.05, 3.63) is 30.7 Å². The first kappa shape index (κ1) is 6.60. The normalized spacial score (nSPS) is 27.6. The van der Waals surface area contributed by atoms with Gasteiger partial charge in [0, 0.05) is 0 Å². The summed E-state index contributed by atoms with van der Waals surface area (Å²) >= 11 is 0. The van der Waals surface area contributed by atoms with Gasteiger partial charge >= 0.3 is 0 Å². The molecule has 0 aromatic carbocycles. The van der Waals surface area contributed by atoms with Crippen LogP contribution in [0, 0.1) is 6.42 Å². The van der Waals surface area contributed by atoms with Crippen LogP contribution in [0.15, 0.2) is 24.3 Å². The fourth-order valence-corrected chi connectivity index (χ4v) is 0.926. The van der Waals surface area contributed by atoms with Gasteiger partial charge in [-0.15, -0.1) is 0 Å². The lowest BCUT2D eigenvalue weighted by atomic mass is 10.1. The Bertz CT molecular complexity index is 95.2. The molecule has 0 amide bonds. The smallest absolute Gasteiger partial charge is 0.0316 e. The molecule has 1 aliphatic rings. The molecule has 9 heavy (non-hydrogen) atoms. The molecule has 0 saturated heterocycles. The van der Waals surface area contributed by atoms with Crippen LogP contribution in [0.1, 0.15) is 25.7 Å². The number of allylic oxidation sites excluding steroid dienone is 4. The van der Waals surface area contributed by atoms with E-state index in [-0.39, 0.29) is 0 Å². The highest BCUT2D eigenvalue weighted by Crippen LogP contribution is 2.05. The van der Waals surface area contributed by atoms with Crippen LogP contribution in [-0.4, -0.2) is 0 Å². The van der Waals surface area contributed by atoms with Crippen LogP contribution in [0.2, 0.25) is 0 Å². The molecule has 0 aliphatic heterocycles. The maximum absolute atomic E-state index is 2.34. The van der Waals surface area contributed by atoms with Crippen molar-refractivity contribution in [3.63, 3.8) is 0 Å². The SMILES string of the molecule is [CH]1C/C=C\C=C/CCC1. The average Bonchev–Trinajstić information content (AvgIpc) is 2.00. The standard InChI is InChI=1S/C9H13/c1-2-4-6-8-9-7-5-3-1/h1-4,7H,5-6,8-9H2/b3-1-,4-2-. The van der Waals surface area contributed by atoms with Crippen molar-refractivity contribution in [2.45, 2.75) is 25.7 Å². The van der Waals surface area contributed by atoms with Crippen molar-refractivity contribution in [1.82, 2.24) is 0 Å². The predicted molar refractivity (Wildman–Crippen MR) is 41.0 cm³/mol. The molecule has 0 nitrogen and oxygen atoms in total. The second kappa shape index (κ2) is 4.37. The summed E-state index contributed by atoms with van der Waals surface area (Å²) in [5, 5.41) is 0. The van der Waals surface area contributed by atoms with Crippen molar-refractivity contribution >= 4 is 0 Å². The van der Waals surface area contributed by atoms with Crippen LogP contribution in [0.5, 0.6) is 0 Å². The molecule has 0 heteroatoms. The molecular weight excluding hydrogens is 108 g/mol. The zero-order valence-electron chi connectivity index (χ0n) is 5.72. The molecule has 0 N–H and O–H groups in total. The zero-order chi connectivity index (χ0) is 6.36. The van der Waals surface area contributed by atoms with E-state index in [1.165, 1.54) is 19.3 Å². The van der Waals surface area contributed by atoms with Crippen LogP contribution < -0.4 is 0 Å². The molecule has 1 rings (SSSR count). The van der Waals surface area contributed by atoms with Gasteiger partial charge in [0.05, 0.1) is 0 Å². The van der Waals surface area contributed by atoms with Gasteiger partial charge in [0.2, 0.25) is 0 Å². The second-order valence-electron chi connectivity index (χ2n) is 2.31. The summed E-state index contributed by atoms with van der Waals surface area (Å²) in [4.78, 5) is 0. The largest absolute Gasteiger partial charge is 0.0845 e. The van der Waals surface area contributed by atoms with Crippen molar-refractivity contribution in [1.29, 1.82) is 0 Å². The Morgan fingerprint density at radius 3 is 2.78 bits per heavy atom. The van der Waals surface area contributed by atoms with Crippen LogP contribution in [-0.2, 0) is 0 Å². The van der Waals surface area contributed by atoms with Crippen molar-refractivity contribution in [2.24, 2.45) is 0 Å². The molecule has 0 spiro atoms. The molecule has 0 atom stereocenters. The predicted octanol–water partition coefficient (Wildman–Crippen LogP) is 2.88. The molecule has 0 aromatic heterocycles. The van der Waals surface area contributed by atoms with E-state index in [1.807, 2.05) is 0 Å². The summed E-state index contributed by atoms with van der Waals surface area (Å²) in [7, 11) is 0. The van der Waals surface area contributed by atoms with Gasteiger partial charge in [-0.05, 0) is 32.1 Å². The Morgan fingerprint density at radius 1 is 0.889 bits per heavy atom. The minimum Gasteiger partial charge on any atom is -0.0845 e. The van der Waals surface area contributed by atoms with Crippen molar-refractivity contribution < 1.29 is 0 Å². The summed E-state index contributed by atoms with van der Waals surface area (Å²) in [6, 6.07) is 0. The molecule has 0 bridgehead atoms. The lowest BCUT2D eigenvalue weighted by molar-refractivity contribution is 0.814. The summed E-state index contributed by atoms with van der Waals surface area (Å²) in [5.41, 5.74) is 0. The van der Waals surface area contributed by atoms with E-state index < -0.39 is 0 Å². The lowest BCUT2D eigenvalue weighted by Crippen LogP contribution is -1.73. The van der Waals surface area contributed by atoms with Crippen LogP contribution in [0.25, 0.3) is 0 Å². The molecular formula is C9H13. The summed E-state index contributed by atoms with van der Waals surface area (Å²) in [5.74, 6) is 0. The van der Waals surface area contributed by atoms with Gasteiger partial charge in [-0.2, -0.15) is 0 Å². The lowest BCUT2D eigenvalue weighted by Gasteiger charge is -1.91. The van der Waals surface area contributed by atoms with E-state index in [9.17, 15) is 0 Å². The number of rotatable bonds is 0. The molecule has 1 aliphatic carbocycles. The van der Waals surface area contributed by atoms with Gasteiger partial charge in [0.15, 0.2) is 0 Å². The van der Waals surface area contributed by atoms with E-state index in [1.54, 1.807) is 0 Å². The van der Waals surface area contributed by atoms with Crippen LogP contribution in [0.3, 0.4) is 0 Å². The topological polar surface area (TPSA) is 0 Å². The molecule has 0 heterocycles. The Hall–Kier alpha value is -0.520. The zero-order valence-corrected chi connectivity index (χ0v) is 5.72. The van der Waals surface area contributed by atoms with Gasteiger partial charge in [-0.25, -0.2) is 0 Å². The minimum atomic E-state index is 1.14. The fourth-order valence-electron chi connectivity index (χ4n) is 0.926. The third-order valence-electron chi connectivity index (χ3n) is 1.47. The van der Waals surface area contributed by atoms with Crippen LogP contribution >= 0.6 is 0 Å². The molecule has 0 aromatic rings. The van der Waals surface area contributed by atoms with Gasteiger partial charge in [0.1, 0.15) is 0 Å². The van der Waals surface area contributed by atoms with E-state index in [0.29, 0.717) is 0 Å². The molecule has 49 valence electrons. The highest BCUT2D eigenvalue weighted by molar-refractivity contribution is 5.04. The molecule has 0 saturated carbocycles. The summed E-state index contributed by atoms with van der Waals surface area (Å²) < 4.78 is 0. The first-order valence-corrected chi connectivity index (χ1v) is 3.63. The summed E-state index contributed by atoms with van der Waals surface area (Å²) in [6.07, 6.45) is 16.0. The average molecular weight is 121 g/mol. The van der Waals surface area contributed by atoms with E-state index in [4.69, 9.17) is 0 Å². The van der Waals surface area contributed by atoms with E-state index >= 15 is 0 Å². The summed E-state index contributed by atoms with van der Waals surface area (Å²) in [6.45, 7) is 0. The quantitative estimate of drug-likeness (QED) is 0.462. The Morgan fingerprint density at radius 2 is 1.78 bits per heavy atom. The van der Waals surface area contributed by atoms with Gasteiger partial charge in [-0.3, -0.25) is 0 Å². The fraction of sp³-hybridized carbons (Fsp3) is 0.444. The van der Waals surface area contributed by atoms with Crippen molar-refractivity contribution in [3.8, 4) is 0 Å². The third kappa shape index (κ3) is 3.12. The van der Waals surface area contributed by atoms with Crippen molar-refractivity contribution in [2.75, 3.05) is 0 Å². The van der Waals surface area contributed by atoms with Gasteiger partial charge in [0.25, 0.3) is 0 Å². The Balaban J connectivity index is 2.28. The third-order valence-corrected chi connectivity index (χ3v) is 1.47. The minimum absolute atomic E-state index is 1.14. The molecule has 1 radical (unpaired) electrons. The first-order valence-electron chi connectivity index (χ1n) is 3.63. The monoisotopic (exact) mass is 121 g/mol. The Labute approximate surface area is 57.3 Å². The highest BCUT2D eigenvalue weighted by atomic mass is 13.9. The van der Waals surface area contributed by atoms with E-state index in [2.05, 4.69) is 30.7 Å². The second-order valence-corrected chi connectivity index (χ2v) is 2.31. The highest BCUT2D eigenvalue weighted by Gasteiger charge is 1.86. The van der Waals surface area contributed by atoms with Crippen LogP contribution in [0.4, 0.5) is 0 Å². The van der Waals surface area contributed by atoms with E-state index in [0.717, 1.165) is 6.42 Å². The molecule has 0 fully saturated rings. The molecule has 0 unspecified atom stereocenters. The maximum Gasteiger partial charge on any atom is -0.0316 e.